The molecule has 3 unspecified atom stereocenters. The van der Waals surface area contributed by atoms with Crippen LogP contribution in [-0.4, -0.2) is 62.6 Å². The Labute approximate surface area is 177 Å². The molecular formula is C21H29ClN2O4S. The minimum Gasteiger partial charge on any atom is -0.376 e. The largest absolute Gasteiger partial charge is 0.376 e. The summed E-state index contributed by atoms with van der Waals surface area (Å²) in [5.74, 6) is 0.717. The van der Waals surface area contributed by atoms with E-state index in [-0.39, 0.29) is 42.1 Å². The molecule has 6 nitrogen and oxygen atoms in total. The third-order valence-corrected chi connectivity index (χ3v) is 8.19. The number of carbonyl (C=O) groups is 1. The van der Waals surface area contributed by atoms with Crippen molar-refractivity contribution in [3.8, 4) is 0 Å². The van der Waals surface area contributed by atoms with Crippen LogP contribution in [0.1, 0.15) is 43.7 Å². The molecule has 1 amide bonds. The van der Waals surface area contributed by atoms with E-state index in [1.807, 2.05) is 24.3 Å². The number of nitrogens with one attached hydrogen (secondary N) is 1. The Morgan fingerprint density at radius 1 is 1.21 bits per heavy atom. The molecule has 0 spiro atoms. The van der Waals surface area contributed by atoms with Crippen molar-refractivity contribution in [1.29, 1.82) is 0 Å². The van der Waals surface area contributed by atoms with Gasteiger partial charge in [0.2, 0.25) is 5.91 Å². The smallest absolute Gasteiger partial charge is 0.236 e. The van der Waals surface area contributed by atoms with E-state index in [0.29, 0.717) is 30.5 Å². The molecule has 1 aliphatic carbocycles. The molecule has 8 heteroatoms. The Balaban J connectivity index is 1.42. The Morgan fingerprint density at radius 3 is 2.55 bits per heavy atom. The summed E-state index contributed by atoms with van der Waals surface area (Å²) < 4.78 is 29.7. The average Bonchev–Trinajstić information content (AvgIpc) is 3.26. The summed E-state index contributed by atoms with van der Waals surface area (Å²) in [6.07, 6.45) is 4.74. The van der Waals surface area contributed by atoms with E-state index in [2.05, 4.69) is 5.32 Å². The van der Waals surface area contributed by atoms with Crippen molar-refractivity contribution < 1.29 is 17.9 Å². The number of carbonyl (C=O) groups excluding carboxylic acids is 1. The van der Waals surface area contributed by atoms with Crippen LogP contribution in [0.25, 0.3) is 0 Å². The van der Waals surface area contributed by atoms with Crippen LogP contribution < -0.4 is 5.32 Å². The Kier molecular flexibility index (Phi) is 6.49. The third-order valence-electron chi connectivity index (χ3n) is 6.19. The lowest BCUT2D eigenvalue weighted by atomic mass is 10.0. The molecule has 160 valence electrons. The molecule has 2 heterocycles. The first-order valence-electron chi connectivity index (χ1n) is 10.5. The number of benzene rings is 1. The standard InChI is InChI=1S/C21H29ClN2O4S/c22-17-7-5-16(6-8-17)21(15-3-4-15)23-12-20(25)24(13-19-2-1-10-28-19)18-9-11-29(26,27)14-18/h5-8,15,18-19,21,23H,1-4,9-14H2. The van der Waals surface area contributed by atoms with Crippen LogP contribution in [0.15, 0.2) is 24.3 Å². The lowest BCUT2D eigenvalue weighted by molar-refractivity contribution is -0.134. The van der Waals surface area contributed by atoms with E-state index < -0.39 is 9.84 Å². The molecule has 0 radical (unpaired) electrons. The summed E-state index contributed by atoms with van der Waals surface area (Å²) >= 11 is 6.02. The van der Waals surface area contributed by atoms with Crippen molar-refractivity contribution in [2.75, 3.05) is 31.2 Å². The van der Waals surface area contributed by atoms with Crippen molar-refractivity contribution in [1.82, 2.24) is 10.2 Å². The van der Waals surface area contributed by atoms with Crippen LogP contribution in [0.3, 0.4) is 0 Å². The van der Waals surface area contributed by atoms with Crippen LogP contribution in [0.4, 0.5) is 0 Å². The first-order valence-corrected chi connectivity index (χ1v) is 12.7. The molecule has 1 N–H and O–H groups in total. The van der Waals surface area contributed by atoms with Crippen LogP contribution in [0.5, 0.6) is 0 Å². The van der Waals surface area contributed by atoms with Gasteiger partial charge in [0.1, 0.15) is 0 Å². The van der Waals surface area contributed by atoms with Crippen molar-refractivity contribution in [2.45, 2.75) is 50.3 Å². The zero-order chi connectivity index (χ0) is 20.4. The van der Waals surface area contributed by atoms with Crippen molar-refractivity contribution in [3.05, 3.63) is 34.9 Å². The maximum atomic E-state index is 13.2. The first-order chi connectivity index (χ1) is 13.9. The summed E-state index contributed by atoms with van der Waals surface area (Å²) in [6.45, 7) is 1.40. The summed E-state index contributed by atoms with van der Waals surface area (Å²) in [5.41, 5.74) is 1.14. The predicted molar refractivity (Wildman–Crippen MR) is 113 cm³/mol. The summed E-state index contributed by atoms with van der Waals surface area (Å²) in [7, 11) is -3.06. The second-order valence-electron chi connectivity index (χ2n) is 8.49. The molecule has 3 fully saturated rings. The Morgan fingerprint density at radius 2 is 1.97 bits per heavy atom. The van der Waals surface area contributed by atoms with Gasteiger partial charge < -0.3 is 15.0 Å². The Hall–Kier alpha value is -1.15. The van der Waals surface area contributed by atoms with Crippen LogP contribution in [-0.2, 0) is 19.4 Å². The van der Waals surface area contributed by atoms with E-state index in [1.165, 1.54) is 0 Å². The zero-order valence-electron chi connectivity index (χ0n) is 16.6. The molecule has 1 aromatic rings. The molecule has 1 aromatic carbocycles. The second kappa shape index (κ2) is 8.92. The maximum Gasteiger partial charge on any atom is 0.236 e. The van der Waals surface area contributed by atoms with E-state index in [4.69, 9.17) is 16.3 Å². The summed E-state index contributed by atoms with van der Waals surface area (Å²) in [5, 5.41) is 4.14. The molecule has 0 bridgehead atoms. The molecule has 3 aliphatic rings. The highest BCUT2D eigenvalue weighted by Gasteiger charge is 2.37. The molecule has 0 aromatic heterocycles. The van der Waals surface area contributed by atoms with Gasteiger partial charge in [-0.2, -0.15) is 0 Å². The van der Waals surface area contributed by atoms with Gasteiger partial charge in [-0.05, 0) is 55.7 Å². The van der Waals surface area contributed by atoms with Gasteiger partial charge >= 0.3 is 0 Å². The average molecular weight is 441 g/mol. The van der Waals surface area contributed by atoms with Crippen molar-refractivity contribution in [3.63, 3.8) is 0 Å². The number of hydrogen-bond acceptors (Lipinski definition) is 5. The van der Waals surface area contributed by atoms with Gasteiger partial charge in [0.25, 0.3) is 0 Å². The summed E-state index contributed by atoms with van der Waals surface area (Å²) in [6, 6.07) is 7.65. The number of amides is 1. The lowest BCUT2D eigenvalue weighted by Crippen LogP contribution is -2.49. The number of nitrogens with zero attached hydrogens (tertiary/aromatic N) is 1. The van der Waals surface area contributed by atoms with Gasteiger partial charge in [-0.3, -0.25) is 4.79 Å². The molecule has 2 aliphatic heterocycles. The van der Waals surface area contributed by atoms with E-state index in [0.717, 1.165) is 31.2 Å². The number of halogens is 1. The summed E-state index contributed by atoms with van der Waals surface area (Å²) in [4.78, 5) is 14.9. The maximum absolute atomic E-state index is 13.2. The topological polar surface area (TPSA) is 75.7 Å². The predicted octanol–water partition coefficient (Wildman–Crippen LogP) is 2.58. The fourth-order valence-corrected chi connectivity index (χ4v) is 6.30. The SMILES string of the molecule is O=C(CNC(c1ccc(Cl)cc1)C1CC1)N(CC1CCCO1)C1CCS(=O)(=O)C1. The quantitative estimate of drug-likeness (QED) is 0.672. The minimum absolute atomic E-state index is 0.0118. The second-order valence-corrected chi connectivity index (χ2v) is 11.2. The van der Waals surface area contributed by atoms with E-state index >= 15 is 0 Å². The van der Waals surface area contributed by atoms with Gasteiger partial charge in [-0.1, -0.05) is 23.7 Å². The molecular weight excluding hydrogens is 412 g/mol. The van der Waals surface area contributed by atoms with Gasteiger partial charge in [0, 0.05) is 30.3 Å². The van der Waals surface area contributed by atoms with E-state index in [1.54, 1.807) is 4.90 Å². The van der Waals surface area contributed by atoms with Gasteiger partial charge in [0.15, 0.2) is 9.84 Å². The number of hydrogen-bond donors (Lipinski definition) is 1. The van der Waals surface area contributed by atoms with Crippen molar-refractivity contribution >= 4 is 27.3 Å². The van der Waals surface area contributed by atoms with Gasteiger partial charge in [-0.15, -0.1) is 0 Å². The Bertz CT molecular complexity index is 820. The normalized spacial score (nSPS) is 27.1. The monoisotopic (exact) mass is 440 g/mol. The van der Waals surface area contributed by atoms with E-state index in [9.17, 15) is 13.2 Å². The fraction of sp³-hybridized carbons (Fsp3) is 0.667. The minimum atomic E-state index is -3.06. The molecule has 4 rings (SSSR count). The first kappa shape index (κ1) is 21.1. The lowest BCUT2D eigenvalue weighted by Gasteiger charge is -2.31. The van der Waals surface area contributed by atoms with Gasteiger partial charge in [0.05, 0.1) is 24.2 Å². The van der Waals surface area contributed by atoms with Crippen LogP contribution in [0.2, 0.25) is 5.02 Å². The highest BCUT2D eigenvalue weighted by molar-refractivity contribution is 7.91. The number of rotatable bonds is 8. The molecule has 2 saturated heterocycles. The zero-order valence-corrected chi connectivity index (χ0v) is 18.1. The third kappa shape index (κ3) is 5.51. The van der Waals surface area contributed by atoms with Gasteiger partial charge in [-0.25, -0.2) is 8.42 Å². The molecule has 3 atom stereocenters. The molecule has 1 saturated carbocycles. The fourth-order valence-electron chi connectivity index (χ4n) is 4.44. The number of ether oxygens (including phenoxy) is 1. The van der Waals surface area contributed by atoms with Crippen LogP contribution >= 0.6 is 11.6 Å². The highest BCUT2D eigenvalue weighted by atomic mass is 35.5. The molecule has 29 heavy (non-hydrogen) atoms. The van der Waals surface area contributed by atoms with Crippen LogP contribution in [0, 0.1) is 5.92 Å². The highest BCUT2D eigenvalue weighted by Crippen LogP contribution is 2.41. The van der Waals surface area contributed by atoms with Crippen molar-refractivity contribution in [2.24, 2.45) is 5.92 Å². The number of sulfone groups is 1.